The number of aromatic nitrogens is 2. The maximum Gasteiger partial charge on any atom is 0.307 e. The number of carboxylic acid groups (broad SMARTS) is 1. The largest absolute Gasteiger partial charge is 0.481 e. The number of benzene rings is 1. The van der Waals surface area contributed by atoms with E-state index in [0.717, 1.165) is 41.6 Å². The molecule has 3 aromatic rings. The van der Waals surface area contributed by atoms with E-state index in [9.17, 15) is 4.79 Å². The second-order valence-electron chi connectivity index (χ2n) is 6.29. The quantitative estimate of drug-likeness (QED) is 0.751. The summed E-state index contributed by atoms with van der Waals surface area (Å²) in [5, 5.41) is 9.89. The van der Waals surface area contributed by atoms with Gasteiger partial charge in [0.25, 0.3) is 5.22 Å². The normalized spacial score (nSPS) is 16.8. The van der Waals surface area contributed by atoms with Gasteiger partial charge >= 0.3 is 5.97 Å². The van der Waals surface area contributed by atoms with Crippen LogP contribution in [0.2, 0.25) is 0 Å². The molecule has 0 fully saturated rings. The molecule has 1 aromatic carbocycles. The minimum Gasteiger partial charge on any atom is -0.481 e. The molecule has 1 unspecified atom stereocenters. The maximum atomic E-state index is 11.0. The van der Waals surface area contributed by atoms with Crippen LogP contribution in [0.1, 0.15) is 40.5 Å². The minimum atomic E-state index is -0.842. The number of fused-ring (bicyclic) bond motifs is 2. The molecule has 0 amide bonds. The molecular formula is C19H18N2O3S. The third-order valence-corrected chi connectivity index (χ3v) is 5.75. The number of thioether (sulfide) groups is 1. The smallest absolute Gasteiger partial charge is 0.307 e. The van der Waals surface area contributed by atoms with Crippen LogP contribution in [0, 0.1) is 6.92 Å². The van der Waals surface area contributed by atoms with Crippen LogP contribution in [0.5, 0.6) is 0 Å². The summed E-state index contributed by atoms with van der Waals surface area (Å²) in [6.07, 6.45) is 5.10. The van der Waals surface area contributed by atoms with Gasteiger partial charge in [0.15, 0.2) is 5.58 Å². The fourth-order valence-electron chi connectivity index (χ4n) is 3.35. The molecule has 0 spiro atoms. The number of hydrogen-bond acceptors (Lipinski definition) is 5. The maximum absolute atomic E-state index is 11.0. The Balaban J connectivity index is 1.65. The Hall–Kier alpha value is -2.34. The van der Waals surface area contributed by atoms with Crippen LogP contribution in [0.25, 0.3) is 11.1 Å². The molecule has 2 aromatic heterocycles. The van der Waals surface area contributed by atoms with Crippen molar-refractivity contribution in [2.24, 2.45) is 0 Å². The molecule has 1 N–H and O–H groups in total. The van der Waals surface area contributed by atoms with E-state index in [0.29, 0.717) is 10.8 Å². The number of pyridine rings is 1. The van der Waals surface area contributed by atoms with Crippen molar-refractivity contribution in [3.8, 4) is 0 Å². The van der Waals surface area contributed by atoms with E-state index in [2.05, 4.69) is 16.0 Å². The Morgan fingerprint density at radius 3 is 3.12 bits per heavy atom. The molecule has 1 aliphatic carbocycles. The zero-order valence-corrected chi connectivity index (χ0v) is 14.7. The number of hydrogen-bond donors (Lipinski definition) is 1. The molecule has 0 saturated carbocycles. The number of aliphatic carboxylic acids is 1. The van der Waals surface area contributed by atoms with E-state index in [4.69, 9.17) is 9.52 Å². The zero-order valence-electron chi connectivity index (χ0n) is 13.9. The van der Waals surface area contributed by atoms with Gasteiger partial charge in [-0.2, -0.15) is 0 Å². The van der Waals surface area contributed by atoms with E-state index in [1.807, 2.05) is 31.3 Å². The molecule has 2 heterocycles. The minimum absolute atomic E-state index is 0.00295. The molecular weight excluding hydrogens is 336 g/mol. The summed E-state index contributed by atoms with van der Waals surface area (Å²) in [5.41, 5.74) is 5.53. The van der Waals surface area contributed by atoms with Crippen molar-refractivity contribution in [3.05, 3.63) is 52.8 Å². The topological polar surface area (TPSA) is 76.2 Å². The van der Waals surface area contributed by atoms with Gasteiger partial charge in [-0.3, -0.25) is 9.78 Å². The molecule has 0 saturated heterocycles. The highest BCUT2D eigenvalue weighted by atomic mass is 32.2. The third kappa shape index (κ3) is 3.14. The van der Waals surface area contributed by atoms with E-state index < -0.39 is 5.97 Å². The fraction of sp³-hybridized carbons (Fsp3) is 0.316. The highest BCUT2D eigenvalue weighted by Gasteiger charge is 2.24. The van der Waals surface area contributed by atoms with Crippen molar-refractivity contribution in [1.29, 1.82) is 0 Å². The van der Waals surface area contributed by atoms with Crippen LogP contribution in [-0.2, 0) is 17.6 Å². The lowest BCUT2D eigenvalue weighted by atomic mass is 9.96. The fourth-order valence-corrected chi connectivity index (χ4v) is 4.49. The van der Waals surface area contributed by atoms with Gasteiger partial charge in [-0.25, -0.2) is 4.98 Å². The van der Waals surface area contributed by atoms with Crippen molar-refractivity contribution >= 4 is 28.8 Å². The summed E-state index contributed by atoms with van der Waals surface area (Å²) in [6, 6.07) is 7.75. The lowest BCUT2D eigenvalue weighted by Crippen LogP contribution is -2.09. The van der Waals surface area contributed by atoms with Crippen LogP contribution in [-0.4, -0.2) is 21.0 Å². The number of carboxylic acids is 1. The van der Waals surface area contributed by atoms with Crippen LogP contribution < -0.4 is 0 Å². The van der Waals surface area contributed by atoms with Crippen LogP contribution in [0.15, 0.2) is 40.1 Å². The van der Waals surface area contributed by atoms with Gasteiger partial charge < -0.3 is 9.52 Å². The lowest BCUT2D eigenvalue weighted by Gasteiger charge is -2.22. The monoisotopic (exact) mass is 354 g/mol. The second-order valence-corrected chi connectivity index (χ2v) is 7.45. The van der Waals surface area contributed by atoms with Gasteiger partial charge in [0.2, 0.25) is 0 Å². The molecule has 128 valence electrons. The first kappa shape index (κ1) is 16.1. The molecule has 1 atom stereocenters. The average molecular weight is 354 g/mol. The molecule has 6 heteroatoms. The van der Waals surface area contributed by atoms with E-state index in [-0.39, 0.29) is 11.7 Å². The Morgan fingerprint density at radius 2 is 2.28 bits per heavy atom. The lowest BCUT2D eigenvalue weighted by molar-refractivity contribution is -0.136. The summed E-state index contributed by atoms with van der Waals surface area (Å²) >= 11 is 1.60. The molecule has 0 bridgehead atoms. The van der Waals surface area contributed by atoms with Gasteiger partial charge in [0.05, 0.1) is 17.4 Å². The van der Waals surface area contributed by atoms with Crippen LogP contribution in [0.4, 0.5) is 0 Å². The Kier molecular flexibility index (Phi) is 4.21. The van der Waals surface area contributed by atoms with E-state index >= 15 is 0 Å². The summed E-state index contributed by atoms with van der Waals surface area (Å²) in [4.78, 5) is 20.2. The molecule has 0 radical (unpaired) electrons. The van der Waals surface area contributed by atoms with E-state index in [1.165, 1.54) is 5.56 Å². The third-order valence-electron chi connectivity index (χ3n) is 4.63. The molecule has 4 rings (SSSR count). The molecule has 1 aliphatic rings. The standard InChI is InChI=1S/C19H18N2O3S/c1-11-13(10-16(22)23)7-8-14-17(11)21-19(24-14)25-15-6-2-4-12-5-3-9-20-18(12)15/h3,5,7-9,15H,2,4,6,10H2,1H3,(H,22,23). The number of nitrogens with zero attached hydrogens (tertiary/aromatic N) is 2. The molecule has 25 heavy (non-hydrogen) atoms. The first-order valence-corrected chi connectivity index (χ1v) is 9.21. The SMILES string of the molecule is Cc1c(CC(=O)O)ccc2oc(SC3CCCc4cccnc43)nc12. The van der Waals surface area contributed by atoms with Crippen LogP contribution in [0.3, 0.4) is 0 Å². The van der Waals surface area contributed by atoms with Gasteiger partial charge in [-0.05, 0) is 55.0 Å². The van der Waals surface area contributed by atoms with Crippen LogP contribution >= 0.6 is 11.8 Å². The van der Waals surface area contributed by atoms with Crippen molar-refractivity contribution in [3.63, 3.8) is 0 Å². The first-order valence-electron chi connectivity index (χ1n) is 8.33. The number of oxazole rings is 1. The summed E-state index contributed by atoms with van der Waals surface area (Å²) < 4.78 is 5.90. The second kappa shape index (κ2) is 6.52. The van der Waals surface area contributed by atoms with Crippen molar-refractivity contribution in [2.45, 2.75) is 43.1 Å². The van der Waals surface area contributed by atoms with Crippen molar-refractivity contribution in [2.75, 3.05) is 0 Å². The van der Waals surface area contributed by atoms with Gasteiger partial charge in [-0.1, -0.05) is 23.9 Å². The summed E-state index contributed by atoms with van der Waals surface area (Å²) in [6.45, 7) is 1.90. The highest BCUT2D eigenvalue weighted by molar-refractivity contribution is 7.99. The number of carbonyl (C=O) groups is 1. The first-order chi connectivity index (χ1) is 12.1. The zero-order chi connectivity index (χ0) is 17.4. The predicted molar refractivity (Wildman–Crippen MR) is 95.9 cm³/mol. The molecule has 0 aliphatic heterocycles. The average Bonchev–Trinajstić information content (AvgIpc) is 3.01. The molecule has 5 nitrogen and oxygen atoms in total. The highest BCUT2D eigenvalue weighted by Crippen LogP contribution is 2.42. The Morgan fingerprint density at radius 1 is 1.40 bits per heavy atom. The van der Waals surface area contributed by atoms with Crippen molar-refractivity contribution in [1.82, 2.24) is 9.97 Å². The van der Waals surface area contributed by atoms with Gasteiger partial charge in [-0.15, -0.1) is 0 Å². The predicted octanol–water partition coefficient (Wildman–Crippen LogP) is 4.33. The van der Waals surface area contributed by atoms with Crippen molar-refractivity contribution < 1.29 is 14.3 Å². The van der Waals surface area contributed by atoms with E-state index in [1.54, 1.807) is 11.8 Å². The van der Waals surface area contributed by atoms with Gasteiger partial charge in [0, 0.05) is 6.20 Å². The number of rotatable bonds is 4. The summed E-state index contributed by atoms with van der Waals surface area (Å²) in [5.74, 6) is -0.842. The Labute approximate surface area is 149 Å². The summed E-state index contributed by atoms with van der Waals surface area (Å²) in [7, 11) is 0. The Bertz CT molecular complexity index is 951. The number of aryl methyl sites for hydroxylation is 2. The van der Waals surface area contributed by atoms with Gasteiger partial charge in [0.1, 0.15) is 5.52 Å².